The van der Waals surface area contributed by atoms with E-state index in [1.54, 1.807) is 0 Å². The zero-order valence-corrected chi connectivity index (χ0v) is 7.98. The Balaban J connectivity index is 2.75. The van der Waals surface area contributed by atoms with Gasteiger partial charge in [-0.05, 0) is 17.8 Å². The van der Waals surface area contributed by atoms with E-state index in [9.17, 15) is 4.79 Å². The van der Waals surface area contributed by atoms with Crippen LogP contribution in [0, 0.1) is 17.3 Å². The number of hydrogen-bond donors (Lipinski definition) is 0. The van der Waals surface area contributed by atoms with E-state index < -0.39 is 0 Å². The maximum absolute atomic E-state index is 11.3. The lowest BCUT2D eigenvalue weighted by molar-refractivity contribution is -0.129. The summed E-state index contributed by atoms with van der Waals surface area (Å²) in [4.78, 5) is 11.3. The van der Waals surface area contributed by atoms with Crippen molar-refractivity contribution in [3.8, 4) is 0 Å². The van der Waals surface area contributed by atoms with Crippen LogP contribution in [0.1, 0.15) is 40.5 Å². The normalized spacial score (nSPS) is 37.3. The van der Waals surface area contributed by atoms with Gasteiger partial charge in [-0.25, -0.2) is 0 Å². The molecule has 1 saturated carbocycles. The van der Waals surface area contributed by atoms with E-state index in [-0.39, 0.29) is 5.92 Å². The standard InChI is InChI=1S/C10H18O/c1-7-8(2)10(3,4)6-5-9(7)11/h7-8H,5-6H2,1-4H3. The van der Waals surface area contributed by atoms with Gasteiger partial charge in [0, 0.05) is 12.3 Å². The van der Waals surface area contributed by atoms with Crippen LogP contribution in [0.5, 0.6) is 0 Å². The molecule has 64 valence electrons. The van der Waals surface area contributed by atoms with Crippen molar-refractivity contribution in [1.82, 2.24) is 0 Å². The first kappa shape index (κ1) is 8.76. The summed E-state index contributed by atoms with van der Waals surface area (Å²) in [6.45, 7) is 8.79. The van der Waals surface area contributed by atoms with Gasteiger partial charge in [0.05, 0.1) is 0 Å². The largest absolute Gasteiger partial charge is 0.299 e. The quantitative estimate of drug-likeness (QED) is 0.524. The van der Waals surface area contributed by atoms with Crippen molar-refractivity contribution < 1.29 is 4.79 Å². The molecule has 0 spiro atoms. The summed E-state index contributed by atoms with van der Waals surface area (Å²) in [6.07, 6.45) is 1.86. The Kier molecular flexibility index (Phi) is 2.08. The SMILES string of the molecule is CC1C(=O)CCC(C)(C)C1C. The molecular weight excluding hydrogens is 136 g/mol. The van der Waals surface area contributed by atoms with Crippen molar-refractivity contribution in [2.24, 2.45) is 17.3 Å². The average Bonchev–Trinajstić information content (AvgIpc) is 1.95. The highest BCUT2D eigenvalue weighted by molar-refractivity contribution is 5.81. The van der Waals surface area contributed by atoms with Crippen LogP contribution in [-0.4, -0.2) is 5.78 Å². The third-order valence-corrected chi connectivity index (χ3v) is 3.51. The lowest BCUT2D eigenvalue weighted by Gasteiger charge is -2.39. The van der Waals surface area contributed by atoms with Crippen molar-refractivity contribution in [3.05, 3.63) is 0 Å². The van der Waals surface area contributed by atoms with Crippen LogP contribution in [0.3, 0.4) is 0 Å². The fourth-order valence-corrected chi connectivity index (χ4v) is 1.86. The van der Waals surface area contributed by atoms with Crippen molar-refractivity contribution in [3.63, 3.8) is 0 Å². The van der Waals surface area contributed by atoms with Gasteiger partial charge in [0.1, 0.15) is 5.78 Å². The van der Waals surface area contributed by atoms with Crippen LogP contribution in [0.2, 0.25) is 0 Å². The van der Waals surface area contributed by atoms with E-state index in [0.717, 1.165) is 12.8 Å². The first-order valence-corrected chi connectivity index (χ1v) is 4.48. The molecule has 1 heteroatoms. The molecule has 0 amide bonds. The molecule has 1 aliphatic carbocycles. The summed E-state index contributed by atoms with van der Waals surface area (Å²) in [5.41, 5.74) is 0.368. The molecule has 0 aromatic carbocycles. The second-order valence-electron chi connectivity index (χ2n) is 4.53. The molecule has 1 aliphatic rings. The highest BCUT2D eigenvalue weighted by atomic mass is 16.1. The predicted molar refractivity (Wildman–Crippen MR) is 46.4 cm³/mol. The second-order valence-corrected chi connectivity index (χ2v) is 4.53. The summed E-state index contributed by atoms with van der Waals surface area (Å²) in [7, 11) is 0. The van der Waals surface area contributed by atoms with Crippen LogP contribution < -0.4 is 0 Å². The molecule has 0 aromatic heterocycles. The molecule has 0 radical (unpaired) electrons. The fraction of sp³-hybridized carbons (Fsp3) is 0.900. The van der Waals surface area contributed by atoms with Crippen LogP contribution in [-0.2, 0) is 4.79 Å². The Morgan fingerprint density at radius 2 is 1.91 bits per heavy atom. The molecule has 0 bridgehead atoms. The third kappa shape index (κ3) is 1.47. The van der Waals surface area contributed by atoms with Gasteiger partial charge in [-0.1, -0.05) is 27.7 Å². The number of carbonyl (C=O) groups is 1. The van der Waals surface area contributed by atoms with Gasteiger partial charge < -0.3 is 0 Å². The molecule has 0 heterocycles. The van der Waals surface area contributed by atoms with Gasteiger partial charge in [0.2, 0.25) is 0 Å². The van der Waals surface area contributed by atoms with Gasteiger partial charge in [-0.2, -0.15) is 0 Å². The first-order chi connectivity index (χ1) is 4.95. The number of rotatable bonds is 0. The van der Waals surface area contributed by atoms with E-state index in [4.69, 9.17) is 0 Å². The van der Waals surface area contributed by atoms with E-state index in [0.29, 0.717) is 17.1 Å². The summed E-state index contributed by atoms with van der Waals surface area (Å²) in [5.74, 6) is 1.28. The fourth-order valence-electron chi connectivity index (χ4n) is 1.86. The maximum atomic E-state index is 11.3. The zero-order valence-electron chi connectivity index (χ0n) is 7.98. The van der Waals surface area contributed by atoms with Crippen LogP contribution in [0.15, 0.2) is 0 Å². The topological polar surface area (TPSA) is 17.1 Å². The highest BCUT2D eigenvalue weighted by Crippen LogP contribution is 2.41. The average molecular weight is 154 g/mol. The van der Waals surface area contributed by atoms with Gasteiger partial charge in [-0.15, -0.1) is 0 Å². The van der Waals surface area contributed by atoms with Gasteiger partial charge >= 0.3 is 0 Å². The Labute approximate surface area is 69.2 Å². The van der Waals surface area contributed by atoms with Gasteiger partial charge in [0.25, 0.3) is 0 Å². The Bertz CT molecular complexity index is 170. The van der Waals surface area contributed by atoms with Crippen molar-refractivity contribution in [2.75, 3.05) is 0 Å². The molecule has 11 heavy (non-hydrogen) atoms. The van der Waals surface area contributed by atoms with Crippen molar-refractivity contribution >= 4 is 5.78 Å². The molecular formula is C10H18O. The number of Topliss-reactive ketones (excluding diaryl/α,β-unsaturated/α-hetero) is 1. The summed E-state index contributed by atoms with van der Waals surface area (Å²) in [5, 5.41) is 0. The van der Waals surface area contributed by atoms with Gasteiger partial charge in [0.15, 0.2) is 0 Å². The van der Waals surface area contributed by atoms with E-state index in [1.807, 2.05) is 0 Å². The second kappa shape index (κ2) is 2.62. The molecule has 0 N–H and O–H groups in total. The lowest BCUT2D eigenvalue weighted by Crippen LogP contribution is -2.36. The van der Waals surface area contributed by atoms with E-state index >= 15 is 0 Å². The van der Waals surface area contributed by atoms with Crippen molar-refractivity contribution in [1.29, 1.82) is 0 Å². The maximum Gasteiger partial charge on any atom is 0.136 e. The van der Waals surface area contributed by atoms with Crippen LogP contribution in [0.4, 0.5) is 0 Å². The molecule has 0 aliphatic heterocycles. The zero-order chi connectivity index (χ0) is 8.65. The molecule has 1 nitrogen and oxygen atoms in total. The Morgan fingerprint density at radius 1 is 1.36 bits per heavy atom. The molecule has 0 aromatic rings. The van der Waals surface area contributed by atoms with Crippen LogP contribution >= 0.6 is 0 Å². The number of carbonyl (C=O) groups excluding carboxylic acids is 1. The lowest BCUT2D eigenvalue weighted by atomic mass is 9.65. The molecule has 1 rings (SSSR count). The summed E-state index contributed by atoms with van der Waals surface area (Å²) in [6, 6.07) is 0. The minimum absolute atomic E-state index is 0.277. The monoisotopic (exact) mass is 154 g/mol. The summed E-state index contributed by atoms with van der Waals surface area (Å²) < 4.78 is 0. The molecule has 2 atom stereocenters. The van der Waals surface area contributed by atoms with Crippen molar-refractivity contribution in [2.45, 2.75) is 40.5 Å². The number of hydrogen-bond acceptors (Lipinski definition) is 1. The van der Waals surface area contributed by atoms with E-state index in [1.165, 1.54) is 0 Å². The van der Waals surface area contributed by atoms with Gasteiger partial charge in [-0.3, -0.25) is 4.79 Å². The Morgan fingerprint density at radius 3 is 2.36 bits per heavy atom. The highest BCUT2D eigenvalue weighted by Gasteiger charge is 2.37. The van der Waals surface area contributed by atoms with E-state index in [2.05, 4.69) is 27.7 Å². The Hall–Kier alpha value is -0.330. The summed E-state index contributed by atoms with van der Waals surface area (Å²) >= 11 is 0. The minimum Gasteiger partial charge on any atom is -0.299 e. The smallest absolute Gasteiger partial charge is 0.136 e. The minimum atomic E-state index is 0.277. The number of ketones is 1. The molecule has 1 fully saturated rings. The van der Waals surface area contributed by atoms with Crippen LogP contribution in [0.25, 0.3) is 0 Å². The molecule has 0 saturated heterocycles. The third-order valence-electron chi connectivity index (χ3n) is 3.51. The molecule has 2 unspecified atom stereocenters. The predicted octanol–water partition coefficient (Wildman–Crippen LogP) is 2.65. The first-order valence-electron chi connectivity index (χ1n) is 4.48.